The van der Waals surface area contributed by atoms with Gasteiger partial charge in [0.15, 0.2) is 10.1 Å². The Balaban J connectivity index is 2.15. The number of carbonyl (C=O) groups is 1. The highest BCUT2D eigenvalue weighted by atomic mass is 32.2. The lowest BCUT2D eigenvalue weighted by Crippen LogP contribution is -1.99. The molecule has 21 heavy (non-hydrogen) atoms. The maximum Gasteiger partial charge on any atom is 0.170 e. The van der Waals surface area contributed by atoms with Gasteiger partial charge in [-0.3, -0.25) is 4.79 Å². The highest BCUT2D eigenvalue weighted by molar-refractivity contribution is 8.00. The molecular formula is C15H18N2O2S2. The minimum atomic E-state index is 0.0634. The number of ether oxygens (including phenoxy) is 1. The smallest absolute Gasteiger partial charge is 0.170 e. The summed E-state index contributed by atoms with van der Waals surface area (Å²) in [7, 11) is 0. The van der Waals surface area contributed by atoms with E-state index in [9.17, 15) is 4.79 Å². The van der Waals surface area contributed by atoms with Crippen LogP contribution in [0.1, 0.15) is 42.5 Å². The molecule has 0 aliphatic carbocycles. The van der Waals surface area contributed by atoms with Crippen molar-refractivity contribution in [3.8, 4) is 5.75 Å². The fourth-order valence-corrected chi connectivity index (χ4v) is 3.46. The summed E-state index contributed by atoms with van der Waals surface area (Å²) >= 11 is 3.04. The summed E-state index contributed by atoms with van der Waals surface area (Å²) < 4.78 is 10.9. The van der Waals surface area contributed by atoms with Crippen LogP contribution in [0, 0.1) is 0 Å². The first-order chi connectivity index (χ1) is 10.1. The Morgan fingerprint density at radius 1 is 1.38 bits per heavy atom. The second-order valence-corrected chi connectivity index (χ2v) is 6.40. The molecule has 1 aromatic heterocycles. The predicted molar refractivity (Wildman–Crippen MR) is 86.5 cm³/mol. The van der Waals surface area contributed by atoms with Crippen molar-refractivity contribution in [2.24, 2.45) is 0 Å². The zero-order valence-electron chi connectivity index (χ0n) is 12.4. The highest BCUT2D eigenvalue weighted by Crippen LogP contribution is 2.30. The van der Waals surface area contributed by atoms with Crippen molar-refractivity contribution in [3.63, 3.8) is 0 Å². The summed E-state index contributed by atoms with van der Waals surface area (Å²) in [5.74, 6) is 2.49. The van der Waals surface area contributed by atoms with Crippen molar-refractivity contribution in [2.45, 2.75) is 37.3 Å². The number of ketones is 1. The summed E-state index contributed by atoms with van der Waals surface area (Å²) in [6, 6.07) is 5.58. The van der Waals surface area contributed by atoms with E-state index in [2.05, 4.69) is 9.36 Å². The van der Waals surface area contributed by atoms with Crippen molar-refractivity contribution in [1.29, 1.82) is 0 Å². The Hall–Kier alpha value is -1.40. The van der Waals surface area contributed by atoms with Crippen LogP contribution in [0.5, 0.6) is 5.75 Å². The molecule has 112 valence electrons. The van der Waals surface area contributed by atoms with Gasteiger partial charge < -0.3 is 4.74 Å². The van der Waals surface area contributed by atoms with Crippen LogP contribution in [0.4, 0.5) is 0 Å². The molecule has 0 fully saturated rings. The Kier molecular flexibility index (Phi) is 5.76. The third-order valence-corrected chi connectivity index (χ3v) is 4.80. The van der Waals surface area contributed by atoms with Gasteiger partial charge in [0.1, 0.15) is 11.6 Å². The maximum absolute atomic E-state index is 11.5. The summed E-state index contributed by atoms with van der Waals surface area (Å²) in [5.41, 5.74) is 1.73. The minimum absolute atomic E-state index is 0.0634. The van der Waals surface area contributed by atoms with Gasteiger partial charge in [-0.2, -0.15) is 4.37 Å². The molecule has 1 heterocycles. The molecule has 0 saturated heterocycles. The standard InChI is InChI=1S/C15H18N2O2S2/c1-4-14-16-15(21-17-14)20-9-12-8-11(10(3)18)6-7-13(12)19-5-2/h6-8H,4-5,9H2,1-3H3. The monoisotopic (exact) mass is 322 g/mol. The van der Waals surface area contributed by atoms with E-state index in [0.717, 1.165) is 33.7 Å². The molecule has 0 N–H and O–H groups in total. The van der Waals surface area contributed by atoms with E-state index in [1.54, 1.807) is 18.7 Å². The number of carbonyl (C=O) groups excluding carboxylic acids is 1. The second kappa shape index (κ2) is 7.56. The third kappa shape index (κ3) is 4.28. The lowest BCUT2D eigenvalue weighted by Gasteiger charge is -2.10. The molecule has 0 bridgehead atoms. The molecule has 0 unspecified atom stereocenters. The van der Waals surface area contributed by atoms with Crippen LogP contribution in [0.25, 0.3) is 0 Å². The lowest BCUT2D eigenvalue weighted by molar-refractivity contribution is 0.101. The lowest BCUT2D eigenvalue weighted by atomic mass is 10.1. The zero-order chi connectivity index (χ0) is 15.2. The van der Waals surface area contributed by atoms with Gasteiger partial charge in [-0.15, -0.1) is 0 Å². The van der Waals surface area contributed by atoms with Crippen molar-refractivity contribution < 1.29 is 9.53 Å². The Morgan fingerprint density at radius 3 is 2.81 bits per heavy atom. The minimum Gasteiger partial charge on any atom is -0.494 e. The molecular weight excluding hydrogens is 304 g/mol. The SMILES string of the molecule is CCOc1ccc(C(C)=O)cc1CSc1nc(CC)ns1. The van der Waals surface area contributed by atoms with Crippen molar-refractivity contribution in [2.75, 3.05) is 6.61 Å². The van der Waals surface area contributed by atoms with E-state index in [1.165, 1.54) is 11.5 Å². The van der Waals surface area contributed by atoms with Gasteiger partial charge in [-0.1, -0.05) is 18.7 Å². The van der Waals surface area contributed by atoms with Gasteiger partial charge in [0.2, 0.25) is 0 Å². The number of rotatable bonds is 7. The van der Waals surface area contributed by atoms with Crippen LogP contribution < -0.4 is 4.74 Å². The second-order valence-electron chi connectivity index (χ2n) is 4.43. The van der Waals surface area contributed by atoms with Gasteiger partial charge >= 0.3 is 0 Å². The first kappa shape index (κ1) is 16.0. The number of nitrogens with zero attached hydrogens (tertiary/aromatic N) is 2. The summed E-state index contributed by atoms with van der Waals surface area (Å²) in [5, 5.41) is 0. The van der Waals surface area contributed by atoms with Gasteiger partial charge in [-0.05, 0) is 43.6 Å². The third-order valence-electron chi connectivity index (χ3n) is 2.88. The Bertz CT molecular complexity index is 626. The van der Waals surface area contributed by atoms with Crippen molar-refractivity contribution in [1.82, 2.24) is 9.36 Å². The maximum atomic E-state index is 11.5. The van der Waals surface area contributed by atoms with E-state index in [-0.39, 0.29) is 5.78 Å². The number of benzene rings is 1. The highest BCUT2D eigenvalue weighted by Gasteiger charge is 2.10. The van der Waals surface area contributed by atoms with Crippen LogP contribution >= 0.6 is 23.3 Å². The first-order valence-corrected chi connectivity index (χ1v) is 8.62. The van der Waals surface area contributed by atoms with Gasteiger partial charge in [0.25, 0.3) is 0 Å². The van der Waals surface area contributed by atoms with Crippen LogP contribution in [0.15, 0.2) is 22.5 Å². The van der Waals surface area contributed by atoms with E-state index in [1.807, 2.05) is 32.0 Å². The molecule has 0 aliphatic rings. The largest absolute Gasteiger partial charge is 0.494 e. The van der Waals surface area contributed by atoms with E-state index in [0.29, 0.717) is 12.2 Å². The molecule has 2 aromatic rings. The fourth-order valence-electron chi connectivity index (χ4n) is 1.79. The normalized spacial score (nSPS) is 10.6. The van der Waals surface area contributed by atoms with Crippen molar-refractivity contribution in [3.05, 3.63) is 35.2 Å². The van der Waals surface area contributed by atoms with Crippen LogP contribution in [0.2, 0.25) is 0 Å². The number of aromatic nitrogens is 2. The number of hydrogen-bond donors (Lipinski definition) is 0. The van der Waals surface area contributed by atoms with E-state index >= 15 is 0 Å². The molecule has 4 nitrogen and oxygen atoms in total. The van der Waals surface area contributed by atoms with Crippen molar-refractivity contribution >= 4 is 29.1 Å². The molecule has 2 rings (SSSR count). The number of hydrogen-bond acceptors (Lipinski definition) is 6. The van der Waals surface area contributed by atoms with E-state index in [4.69, 9.17) is 4.74 Å². The average Bonchev–Trinajstić information content (AvgIpc) is 2.94. The quantitative estimate of drug-likeness (QED) is 0.570. The topological polar surface area (TPSA) is 52.1 Å². The van der Waals surface area contributed by atoms with Gasteiger partial charge in [-0.25, -0.2) is 4.98 Å². The molecule has 0 radical (unpaired) electrons. The average molecular weight is 322 g/mol. The molecule has 0 saturated carbocycles. The Morgan fingerprint density at radius 2 is 2.19 bits per heavy atom. The summed E-state index contributed by atoms with van der Waals surface area (Å²) in [6.07, 6.45) is 0.848. The van der Waals surface area contributed by atoms with Gasteiger partial charge in [0.05, 0.1) is 6.61 Å². The van der Waals surface area contributed by atoms with E-state index < -0.39 is 0 Å². The van der Waals surface area contributed by atoms with Crippen LogP contribution in [-0.2, 0) is 12.2 Å². The molecule has 0 aliphatic heterocycles. The number of thioether (sulfide) groups is 1. The molecule has 0 amide bonds. The summed E-state index contributed by atoms with van der Waals surface area (Å²) in [4.78, 5) is 16.0. The summed E-state index contributed by atoms with van der Waals surface area (Å²) in [6.45, 7) is 6.18. The molecule has 6 heteroatoms. The Labute approximate surface area is 133 Å². The first-order valence-electron chi connectivity index (χ1n) is 6.86. The van der Waals surface area contributed by atoms with Gasteiger partial charge in [0, 0.05) is 23.3 Å². The van der Waals surface area contributed by atoms with Crippen LogP contribution in [-0.4, -0.2) is 21.7 Å². The number of Topliss-reactive ketones (excluding diaryl/α,β-unsaturated/α-hetero) is 1. The molecule has 1 aromatic carbocycles. The predicted octanol–water partition coefficient (Wildman–Crippen LogP) is 3.99. The number of aryl methyl sites for hydroxylation is 1. The fraction of sp³-hybridized carbons (Fsp3) is 0.400. The molecule has 0 atom stereocenters. The molecule has 0 spiro atoms. The van der Waals surface area contributed by atoms with Crippen LogP contribution in [0.3, 0.4) is 0 Å². The zero-order valence-corrected chi connectivity index (χ0v) is 14.0.